The molecule has 0 unspecified atom stereocenters. The van der Waals surface area contributed by atoms with Crippen LogP contribution in [-0.2, 0) is 0 Å². The Morgan fingerprint density at radius 1 is 1.42 bits per heavy atom. The van der Waals surface area contributed by atoms with Gasteiger partial charge in [-0.05, 0) is 28.8 Å². The Balaban J connectivity index is 2.16. The van der Waals surface area contributed by atoms with E-state index in [1.54, 1.807) is 12.4 Å². The normalized spacial score (nSPS) is 16.2. The van der Waals surface area contributed by atoms with E-state index in [0.29, 0.717) is 6.04 Å². The lowest BCUT2D eigenvalue weighted by atomic mass is 10.6. The molecule has 0 amide bonds. The van der Waals surface area contributed by atoms with Crippen molar-refractivity contribution in [2.45, 2.75) is 18.9 Å². The zero-order valence-corrected chi connectivity index (χ0v) is 8.45. The van der Waals surface area contributed by atoms with Crippen molar-refractivity contribution >= 4 is 21.9 Å². The molecule has 1 aliphatic carbocycles. The first kappa shape index (κ1) is 7.98. The van der Waals surface area contributed by atoms with Crippen LogP contribution in [0.2, 0.25) is 0 Å². The average Bonchev–Trinajstić information content (AvgIpc) is 2.87. The molecule has 0 aliphatic heterocycles. The molecule has 0 atom stereocenters. The second-order valence-electron chi connectivity index (χ2n) is 3.04. The highest BCUT2D eigenvalue weighted by Gasteiger charge is 2.27. The summed E-state index contributed by atoms with van der Waals surface area (Å²) in [7, 11) is 2.04. The van der Waals surface area contributed by atoms with Crippen LogP contribution in [0.4, 0.5) is 5.95 Å². The van der Waals surface area contributed by atoms with E-state index in [2.05, 4.69) is 30.8 Å². The van der Waals surface area contributed by atoms with Crippen molar-refractivity contribution in [3.63, 3.8) is 0 Å². The summed E-state index contributed by atoms with van der Waals surface area (Å²) in [6, 6.07) is 0.672. The van der Waals surface area contributed by atoms with Crippen molar-refractivity contribution in [2.75, 3.05) is 11.9 Å². The number of aromatic nitrogens is 2. The minimum absolute atomic E-state index is 0.672. The van der Waals surface area contributed by atoms with Crippen molar-refractivity contribution in [3.05, 3.63) is 16.9 Å². The van der Waals surface area contributed by atoms with E-state index in [1.165, 1.54) is 12.8 Å². The van der Waals surface area contributed by atoms with Gasteiger partial charge >= 0.3 is 0 Å². The number of halogens is 1. The highest BCUT2D eigenvalue weighted by atomic mass is 79.9. The lowest BCUT2D eigenvalue weighted by Crippen LogP contribution is -2.21. The van der Waals surface area contributed by atoms with E-state index in [1.807, 2.05) is 7.05 Å². The Bertz CT molecular complexity index is 268. The maximum atomic E-state index is 4.21. The molecule has 1 aromatic heterocycles. The predicted molar refractivity (Wildman–Crippen MR) is 51.2 cm³/mol. The van der Waals surface area contributed by atoms with Crippen LogP contribution in [0.15, 0.2) is 16.9 Å². The van der Waals surface area contributed by atoms with Gasteiger partial charge in [-0.2, -0.15) is 0 Å². The fraction of sp³-hybridized carbons (Fsp3) is 0.500. The summed E-state index contributed by atoms with van der Waals surface area (Å²) in [6.45, 7) is 0. The van der Waals surface area contributed by atoms with Crippen LogP contribution in [0, 0.1) is 0 Å². The zero-order valence-electron chi connectivity index (χ0n) is 6.87. The van der Waals surface area contributed by atoms with Gasteiger partial charge in [0.25, 0.3) is 0 Å². The molecular formula is C8H10BrN3. The van der Waals surface area contributed by atoms with Gasteiger partial charge in [-0.3, -0.25) is 0 Å². The fourth-order valence-corrected chi connectivity index (χ4v) is 1.32. The zero-order chi connectivity index (χ0) is 8.55. The van der Waals surface area contributed by atoms with Crippen molar-refractivity contribution in [3.8, 4) is 0 Å². The molecule has 1 aromatic rings. The molecule has 1 aliphatic rings. The summed E-state index contributed by atoms with van der Waals surface area (Å²) in [5, 5.41) is 0. The third-order valence-electron chi connectivity index (χ3n) is 2.02. The van der Waals surface area contributed by atoms with E-state index in [4.69, 9.17) is 0 Å². The van der Waals surface area contributed by atoms with E-state index >= 15 is 0 Å². The van der Waals surface area contributed by atoms with Crippen LogP contribution in [0.3, 0.4) is 0 Å². The van der Waals surface area contributed by atoms with Gasteiger partial charge in [-0.1, -0.05) is 0 Å². The first-order chi connectivity index (χ1) is 5.77. The van der Waals surface area contributed by atoms with Gasteiger partial charge in [-0.25, -0.2) is 9.97 Å². The molecule has 12 heavy (non-hydrogen) atoms. The molecule has 0 aromatic carbocycles. The summed E-state index contributed by atoms with van der Waals surface area (Å²) < 4.78 is 0.926. The smallest absolute Gasteiger partial charge is 0.225 e. The summed E-state index contributed by atoms with van der Waals surface area (Å²) >= 11 is 3.30. The van der Waals surface area contributed by atoms with Gasteiger partial charge < -0.3 is 4.90 Å². The molecule has 0 saturated heterocycles. The Hall–Kier alpha value is -0.640. The SMILES string of the molecule is CN(c1ncc(Br)cn1)C1CC1. The molecule has 1 heterocycles. The van der Waals surface area contributed by atoms with E-state index in [9.17, 15) is 0 Å². The molecule has 3 nitrogen and oxygen atoms in total. The second-order valence-corrected chi connectivity index (χ2v) is 3.96. The van der Waals surface area contributed by atoms with E-state index in [0.717, 1.165) is 10.4 Å². The number of anilines is 1. The summed E-state index contributed by atoms with van der Waals surface area (Å²) in [5.74, 6) is 0.820. The summed E-state index contributed by atoms with van der Waals surface area (Å²) in [4.78, 5) is 10.5. The minimum atomic E-state index is 0.672. The van der Waals surface area contributed by atoms with Crippen molar-refractivity contribution in [1.29, 1.82) is 0 Å². The van der Waals surface area contributed by atoms with Crippen LogP contribution < -0.4 is 4.90 Å². The van der Waals surface area contributed by atoms with Crippen molar-refractivity contribution < 1.29 is 0 Å². The van der Waals surface area contributed by atoms with Gasteiger partial charge in [0.05, 0.1) is 4.47 Å². The van der Waals surface area contributed by atoms with Crippen LogP contribution >= 0.6 is 15.9 Å². The third-order valence-corrected chi connectivity index (χ3v) is 2.43. The highest BCUT2D eigenvalue weighted by molar-refractivity contribution is 9.10. The fourth-order valence-electron chi connectivity index (χ4n) is 1.11. The lowest BCUT2D eigenvalue weighted by Gasteiger charge is -2.14. The minimum Gasteiger partial charge on any atom is -0.341 e. The van der Waals surface area contributed by atoms with Crippen LogP contribution in [-0.4, -0.2) is 23.1 Å². The molecule has 0 N–H and O–H groups in total. The number of hydrogen-bond acceptors (Lipinski definition) is 3. The second kappa shape index (κ2) is 3.01. The van der Waals surface area contributed by atoms with Gasteiger partial charge in [-0.15, -0.1) is 0 Å². The maximum absolute atomic E-state index is 4.21. The topological polar surface area (TPSA) is 29.0 Å². The van der Waals surface area contributed by atoms with Gasteiger partial charge in [0.1, 0.15) is 0 Å². The summed E-state index contributed by atoms with van der Waals surface area (Å²) in [5.41, 5.74) is 0. The highest BCUT2D eigenvalue weighted by Crippen LogP contribution is 2.27. The third kappa shape index (κ3) is 1.58. The molecule has 0 spiro atoms. The Morgan fingerprint density at radius 2 is 2.00 bits per heavy atom. The number of rotatable bonds is 2. The average molecular weight is 228 g/mol. The standard InChI is InChI=1S/C8H10BrN3/c1-12(7-2-3-7)8-10-4-6(9)5-11-8/h4-5,7H,2-3H2,1H3. The number of hydrogen-bond donors (Lipinski definition) is 0. The van der Waals surface area contributed by atoms with Gasteiger partial charge in [0, 0.05) is 25.5 Å². The molecule has 2 rings (SSSR count). The molecule has 0 radical (unpaired) electrons. The van der Waals surface area contributed by atoms with Crippen LogP contribution in [0.1, 0.15) is 12.8 Å². The quantitative estimate of drug-likeness (QED) is 0.773. The molecule has 1 saturated carbocycles. The molecule has 1 fully saturated rings. The Morgan fingerprint density at radius 3 is 2.50 bits per heavy atom. The van der Waals surface area contributed by atoms with E-state index < -0.39 is 0 Å². The van der Waals surface area contributed by atoms with Crippen molar-refractivity contribution in [1.82, 2.24) is 9.97 Å². The van der Waals surface area contributed by atoms with Crippen LogP contribution in [0.5, 0.6) is 0 Å². The Kier molecular flexibility index (Phi) is 2.00. The number of nitrogens with zero attached hydrogens (tertiary/aromatic N) is 3. The van der Waals surface area contributed by atoms with Crippen molar-refractivity contribution in [2.24, 2.45) is 0 Å². The van der Waals surface area contributed by atoms with Gasteiger partial charge in [0.2, 0.25) is 5.95 Å². The first-order valence-corrected chi connectivity index (χ1v) is 4.77. The maximum Gasteiger partial charge on any atom is 0.225 e. The molecule has 4 heteroatoms. The lowest BCUT2D eigenvalue weighted by molar-refractivity contribution is 0.859. The van der Waals surface area contributed by atoms with E-state index in [-0.39, 0.29) is 0 Å². The largest absolute Gasteiger partial charge is 0.341 e. The van der Waals surface area contributed by atoms with Gasteiger partial charge in [0.15, 0.2) is 0 Å². The van der Waals surface area contributed by atoms with Crippen LogP contribution in [0.25, 0.3) is 0 Å². The molecule has 64 valence electrons. The summed E-state index contributed by atoms with van der Waals surface area (Å²) in [6.07, 6.45) is 6.11. The Labute approximate surface area is 80.0 Å². The first-order valence-electron chi connectivity index (χ1n) is 3.98. The molecule has 0 bridgehead atoms. The predicted octanol–water partition coefficient (Wildman–Crippen LogP) is 1.84. The monoisotopic (exact) mass is 227 g/mol. The molecular weight excluding hydrogens is 218 g/mol.